The number of hydrogen-bond donors (Lipinski definition) is 3. The summed E-state index contributed by atoms with van der Waals surface area (Å²) >= 11 is 12.4. The van der Waals surface area contributed by atoms with Crippen LogP contribution in [0, 0.1) is 0 Å². The standard InChI is InChI=1S/C23H21Cl2NO5.ClH/c1-26-8-7-14(20(30)11-26)21-18(28)10-19(29)22-17(27)9-12(31-23(21)22)5-6-13-15(24)3-2-4-16(13)25;/h2-6,9-10,14,20,28-30H,7-8,11H2,1H3;1H/b6-5+;. The van der Waals surface area contributed by atoms with E-state index in [4.69, 9.17) is 27.6 Å². The molecule has 9 heteroatoms. The normalized spacial score (nSPS) is 19.4. The van der Waals surface area contributed by atoms with Crippen LogP contribution >= 0.6 is 35.6 Å². The highest BCUT2D eigenvalue weighted by molar-refractivity contribution is 6.37. The van der Waals surface area contributed by atoms with E-state index >= 15 is 0 Å². The van der Waals surface area contributed by atoms with E-state index in [9.17, 15) is 20.1 Å². The Balaban J connectivity index is 0.00000289. The van der Waals surface area contributed by atoms with E-state index in [1.54, 1.807) is 30.4 Å². The SMILES string of the molecule is CN1CCC(c2c(O)cc(O)c3c(=O)cc(/C=C/c4c(Cl)cccc4Cl)oc23)C(O)C1.Cl. The van der Waals surface area contributed by atoms with E-state index < -0.39 is 17.5 Å². The van der Waals surface area contributed by atoms with Crippen LogP contribution in [0.5, 0.6) is 11.5 Å². The molecule has 2 heterocycles. The van der Waals surface area contributed by atoms with Gasteiger partial charge in [-0.05, 0) is 44.3 Å². The molecule has 3 N–H and O–H groups in total. The van der Waals surface area contributed by atoms with E-state index in [1.807, 2.05) is 11.9 Å². The number of phenols is 2. The molecule has 0 saturated carbocycles. The highest BCUT2D eigenvalue weighted by atomic mass is 35.5. The number of halogens is 3. The van der Waals surface area contributed by atoms with Crippen LogP contribution in [0.3, 0.4) is 0 Å². The summed E-state index contributed by atoms with van der Waals surface area (Å²) in [4.78, 5) is 14.8. The van der Waals surface area contributed by atoms with Gasteiger partial charge in [-0.1, -0.05) is 29.3 Å². The van der Waals surface area contributed by atoms with Crippen molar-refractivity contribution in [2.24, 2.45) is 0 Å². The number of aliphatic hydroxyl groups excluding tert-OH is 1. The van der Waals surface area contributed by atoms with Crippen molar-refractivity contribution in [3.05, 3.63) is 67.5 Å². The lowest BCUT2D eigenvalue weighted by molar-refractivity contribution is 0.0630. The number of piperidine rings is 1. The Morgan fingerprint density at radius 2 is 1.81 bits per heavy atom. The van der Waals surface area contributed by atoms with E-state index in [0.29, 0.717) is 40.7 Å². The smallest absolute Gasteiger partial charge is 0.197 e. The summed E-state index contributed by atoms with van der Waals surface area (Å²) in [5.74, 6) is -0.851. The molecule has 1 fully saturated rings. The van der Waals surface area contributed by atoms with Crippen molar-refractivity contribution in [1.29, 1.82) is 0 Å². The number of phenolic OH excluding ortho intramolecular Hbond substituents is 2. The topological polar surface area (TPSA) is 94.1 Å². The lowest BCUT2D eigenvalue weighted by Gasteiger charge is -2.34. The monoisotopic (exact) mass is 497 g/mol. The van der Waals surface area contributed by atoms with Gasteiger partial charge in [-0.3, -0.25) is 4.79 Å². The van der Waals surface area contributed by atoms with Crippen LogP contribution < -0.4 is 5.43 Å². The molecule has 1 saturated heterocycles. The maximum Gasteiger partial charge on any atom is 0.197 e. The number of nitrogens with zero attached hydrogens (tertiary/aromatic N) is 1. The van der Waals surface area contributed by atoms with Crippen molar-refractivity contribution in [2.75, 3.05) is 20.1 Å². The number of benzene rings is 2. The molecule has 4 rings (SSSR count). The number of aromatic hydroxyl groups is 2. The molecule has 2 aromatic carbocycles. The summed E-state index contributed by atoms with van der Waals surface area (Å²) in [5.41, 5.74) is 0.477. The van der Waals surface area contributed by atoms with E-state index in [2.05, 4.69) is 0 Å². The third-order valence-electron chi connectivity index (χ3n) is 5.59. The molecule has 1 aromatic heterocycles. The predicted octanol–water partition coefficient (Wildman–Crippen LogP) is 4.88. The fourth-order valence-corrected chi connectivity index (χ4v) is 4.57. The van der Waals surface area contributed by atoms with Crippen LogP contribution in [-0.2, 0) is 0 Å². The summed E-state index contributed by atoms with van der Waals surface area (Å²) in [6.45, 7) is 1.12. The van der Waals surface area contributed by atoms with Crippen molar-refractivity contribution in [1.82, 2.24) is 4.90 Å². The van der Waals surface area contributed by atoms with Crippen molar-refractivity contribution in [3.8, 4) is 11.5 Å². The first-order valence-corrected chi connectivity index (χ1v) is 10.5. The van der Waals surface area contributed by atoms with Crippen molar-refractivity contribution in [3.63, 3.8) is 0 Å². The molecule has 2 unspecified atom stereocenters. The Hall–Kier alpha value is -2.22. The molecule has 2 atom stereocenters. The maximum atomic E-state index is 12.8. The average Bonchev–Trinajstić information content (AvgIpc) is 2.68. The fraction of sp³-hybridized carbons (Fsp3) is 0.261. The van der Waals surface area contributed by atoms with Crippen molar-refractivity contribution >= 4 is 58.7 Å². The highest BCUT2D eigenvalue weighted by Gasteiger charge is 2.32. The Morgan fingerprint density at radius 1 is 1.12 bits per heavy atom. The first-order valence-electron chi connectivity index (χ1n) is 9.77. The van der Waals surface area contributed by atoms with Gasteiger partial charge in [0.25, 0.3) is 0 Å². The maximum absolute atomic E-state index is 12.8. The van der Waals surface area contributed by atoms with Crippen molar-refractivity contribution in [2.45, 2.75) is 18.4 Å². The van der Waals surface area contributed by atoms with Crippen LogP contribution in [0.25, 0.3) is 23.1 Å². The van der Waals surface area contributed by atoms with Crippen LogP contribution in [0.1, 0.15) is 29.2 Å². The molecule has 1 aliphatic heterocycles. The Labute approximate surface area is 200 Å². The van der Waals surface area contributed by atoms with Crippen molar-refractivity contribution < 1.29 is 19.7 Å². The Morgan fingerprint density at radius 3 is 2.47 bits per heavy atom. The van der Waals surface area contributed by atoms with Gasteiger partial charge in [0.1, 0.15) is 28.2 Å². The zero-order valence-corrected chi connectivity index (χ0v) is 19.4. The molecule has 0 spiro atoms. The number of rotatable bonds is 3. The largest absolute Gasteiger partial charge is 0.507 e. The van der Waals surface area contributed by atoms with Gasteiger partial charge in [0, 0.05) is 45.8 Å². The second-order valence-electron chi connectivity index (χ2n) is 7.74. The van der Waals surface area contributed by atoms with Crippen LogP contribution in [0.4, 0.5) is 0 Å². The van der Waals surface area contributed by atoms with Gasteiger partial charge in [-0.2, -0.15) is 0 Å². The number of fused-ring (bicyclic) bond motifs is 1. The number of hydrogen-bond acceptors (Lipinski definition) is 6. The minimum atomic E-state index is -0.760. The minimum absolute atomic E-state index is 0. The third kappa shape index (κ3) is 4.60. The zero-order chi connectivity index (χ0) is 22.3. The van der Waals surface area contributed by atoms with E-state index in [1.165, 1.54) is 6.07 Å². The van der Waals surface area contributed by atoms with Gasteiger partial charge < -0.3 is 24.6 Å². The molecule has 3 aromatic rings. The molecule has 0 radical (unpaired) electrons. The average molecular weight is 499 g/mol. The van der Waals surface area contributed by atoms with Gasteiger partial charge in [0.2, 0.25) is 0 Å². The highest BCUT2D eigenvalue weighted by Crippen LogP contribution is 2.42. The summed E-state index contributed by atoms with van der Waals surface area (Å²) < 4.78 is 5.95. The van der Waals surface area contributed by atoms with Gasteiger partial charge in [0.15, 0.2) is 5.43 Å². The fourth-order valence-electron chi connectivity index (χ4n) is 4.04. The first kappa shape index (κ1) is 24.4. The molecular weight excluding hydrogens is 477 g/mol. The van der Waals surface area contributed by atoms with Gasteiger partial charge in [-0.25, -0.2) is 0 Å². The molecular formula is C23H22Cl3NO5. The lowest BCUT2D eigenvalue weighted by atomic mass is 9.85. The van der Waals surface area contributed by atoms with E-state index in [-0.39, 0.29) is 40.6 Å². The number of β-amino-alcohol motifs (C(OH)–C–C–N with tert-alkyl or cyclic N) is 1. The molecule has 0 amide bonds. The Bertz CT molecular complexity index is 1220. The summed E-state index contributed by atoms with van der Waals surface area (Å²) in [5, 5.41) is 32.3. The molecule has 32 heavy (non-hydrogen) atoms. The molecule has 0 bridgehead atoms. The van der Waals surface area contributed by atoms with Crippen LogP contribution in [0.15, 0.2) is 39.5 Å². The Kier molecular flexibility index (Phi) is 7.43. The number of likely N-dealkylation sites (tertiary alicyclic amines) is 1. The predicted molar refractivity (Wildman–Crippen MR) is 129 cm³/mol. The van der Waals surface area contributed by atoms with Gasteiger partial charge in [0.05, 0.1) is 6.10 Å². The summed E-state index contributed by atoms with van der Waals surface area (Å²) in [6.07, 6.45) is 2.97. The second kappa shape index (κ2) is 9.73. The molecule has 170 valence electrons. The minimum Gasteiger partial charge on any atom is -0.507 e. The molecule has 1 aliphatic rings. The summed E-state index contributed by atoms with van der Waals surface area (Å²) in [6, 6.07) is 7.48. The van der Waals surface area contributed by atoms with E-state index in [0.717, 1.165) is 6.07 Å². The first-order chi connectivity index (χ1) is 14.8. The summed E-state index contributed by atoms with van der Waals surface area (Å²) in [7, 11) is 1.90. The number of aliphatic hydroxyl groups is 1. The number of likely N-dealkylation sites (N-methyl/N-ethyl adjacent to an activating group) is 1. The van der Waals surface area contributed by atoms with Gasteiger partial charge in [-0.15, -0.1) is 12.4 Å². The lowest BCUT2D eigenvalue weighted by Crippen LogP contribution is -2.40. The zero-order valence-electron chi connectivity index (χ0n) is 17.1. The molecule has 0 aliphatic carbocycles. The van der Waals surface area contributed by atoms with Crippen LogP contribution in [-0.4, -0.2) is 46.5 Å². The quantitative estimate of drug-likeness (QED) is 0.476. The third-order valence-corrected chi connectivity index (χ3v) is 6.25. The molecule has 6 nitrogen and oxygen atoms in total. The van der Waals surface area contributed by atoms with Crippen LogP contribution in [0.2, 0.25) is 10.0 Å². The second-order valence-corrected chi connectivity index (χ2v) is 8.55. The van der Waals surface area contributed by atoms with Gasteiger partial charge >= 0.3 is 0 Å².